The number of amides is 1. The van der Waals surface area contributed by atoms with Crippen LogP contribution in [0.4, 0.5) is 0 Å². The van der Waals surface area contributed by atoms with Gasteiger partial charge in [0, 0.05) is 6.42 Å². The summed E-state index contributed by atoms with van der Waals surface area (Å²) in [7, 11) is 1.64. The number of aliphatic hydroxyl groups is 1. The Hall–Kier alpha value is -0.500. The highest BCUT2D eigenvalue weighted by Crippen LogP contribution is 2.43. The minimum Gasteiger partial charge on any atom is -0.391 e. The molecule has 1 amide bonds. The van der Waals surface area contributed by atoms with Gasteiger partial charge in [0.25, 0.3) is 0 Å². The molecule has 0 aliphatic rings. The van der Waals surface area contributed by atoms with Crippen LogP contribution in [0.1, 0.15) is 335 Å². The molecule has 70 heavy (non-hydrogen) atoms. The van der Waals surface area contributed by atoms with Gasteiger partial charge in [-0.1, -0.05) is 316 Å². The van der Waals surface area contributed by atoms with E-state index < -0.39 is 20.0 Å². The first-order valence-electron chi connectivity index (χ1n) is 31.4. The predicted molar refractivity (Wildman–Crippen MR) is 305 cm³/mol. The van der Waals surface area contributed by atoms with Gasteiger partial charge in [-0.3, -0.25) is 13.8 Å². The fraction of sp³-hybridized carbons (Fsp3) is 0.984. The molecule has 0 aliphatic heterocycles. The molecule has 0 aliphatic carbocycles. The van der Waals surface area contributed by atoms with Crippen LogP contribution in [0.15, 0.2) is 0 Å². The molecule has 0 bridgehead atoms. The second kappa shape index (κ2) is 53.3. The smallest absolute Gasteiger partial charge is 0.391 e. The number of aliphatic hydroxyl groups excluding tert-OH is 1. The van der Waals surface area contributed by atoms with Gasteiger partial charge in [0.15, 0.2) is 0 Å². The lowest BCUT2D eigenvalue weighted by molar-refractivity contribution is -0.870. The zero-order chi connectivity index (χ0) is 51.3. The van der Waals surface area contributed by atoms with E-state index in [2.05, 4.69) is 19.2 Å². The lowest BCUT2D eigenvalue weighted by Gasteiger charge is -2.26. The lowest BCUT2D eigenvalue weighted by atomic mass is 10.0. The number of rotatable bonds is 59. The maximum Gasteiger partial charge on any atom is 0.472 e. The Balaban J connectivity index is 4.00. The summed E-state index contributed by atoms with van der Waals surface area (Å²) in [6.07, 6.45) is 64.7. The van der Waals surface area contributed by atoms with E-state index in [9.17, 15) is 19.4 Å². The molecule has 420 valence electrons. The summed E-state index contributed by atoms with van der Waals surface area (Å²) in [5.74, 6) is -0.135. The Bertz CT molecular complexity index is 1100. The number of hydrogen-bond donors (Lipinski definition) is 3. The maximum atomic E-state index is 13.0. The monoisotopic (exact) mass is 1010 g/mol. The number of hydrogen-bond acceptors (Lipinski definition) is 5. The van der Waals surface area contributed by atoms with Crippen LogP contribution in [0, 0.1) is 0 Å². The standard InChI is InChI=1S/C61H125N2O6P/c1-6-8-10-12-14-16-18-20-22-24-26-27-28-29-30-31-32-33-34-35-36-37-39-41-43-45-47-49-51-53-55-61(65)62-59(58-69-70(66,67)68-57-56-63(3,4)5)60(64)54-52-50-48-46-44-42-40-38-25-23-21-19-17-15-13-11-9-7-2/h59-60,64H,6-58H2,1-5H3,(H-,62,65,66,67)/p+1. The minimum atomic E-state index is -4.32. The number of nitrogens with one attached hydrogen (secondary N) is 1. The highest BCUT2D eigenvalue weighted by Gasteiger charge is 2.28. The molecular weight excluding hydrogens is 888 g/mol. The van der Waals surface area contributed by atoms with Crippen LogP contribution < -0.4 is 5.32 Å². The number of phosphoric ester groups is 1. The SMILES string of the molecule is CCCCCCCCCCCCCCCCCCCCCCCCCCCCCCCCC(=O)NC(COP(=O)(O)OCC[N+](C)(C)C)C(O)CCCCCCCCCCCCCCCCCCCC. The summed E-state index contributed by atoms with van der Waals surface area (Å²) in [4.78, 5) is 23.4. The van der Waals surface area contributed by atoms with Gasteiger partial charge >= 0.3 is 7.82 Å². The normalized spacial score (nSPS) is 13.8. The van der Waals surface area contributed by atoms with Crippen molar-refractivity contribution in [3.8, 4) is 0 Å². The molecule has 0 spiro atoms. The van der Waals surface area contributed by atoms with Gasteiger partial charge in [-0.15, -0.1) is 0 Å². The van der Waals surface area contributed by atoms with Gasteiger partial charge in [-0.05, 0) is 12.8 Å². The van der Waals surface area contributed by atoms with Crippen molar-refractivity contribution in [2.24, 2.45) is 0 Å². The molecule has 0 radical (unpaired) electrons. The molecule has 0 aromatic heterocycles. The highest BCUT2D eigenvalue weighted by molar-refractivity contribution is 7.47. The molecule has 9 heteroatoms. The third-order valence-corrected chi connectivity index (χ3v) is 15.8. The van der Waals surface area contributed by atoms with E-state index in [0.717, 1.165) is 38.5 Å². The Kier molecular flexibility index (Phi) is 52.9. The van der Waals surface area contributed by atoms with E-state index in [0.29, 0.717) is 23.9 Å². The van der Waals surface area contributed by atoms with Crippen molar-refractivity contribution in [2.75, 3.05) is 40.9 Å². The van der Waals surface area contributed by atoms with Crippen molar-refractivity contribution in [3.63, 3.8) is 0 Å². The van der Waals surface area contributed by atoms with Crippen molar-refractivity contribution in [2.45, 2.75) is 347 Å². The van der Waals surface area contributed by atoms with E-state index in [4.69, 9.17) is 9.05 Å². The van der Waals surface area contributed by atoms with Gasteiger partial charge in [0.1, 0.15) is 13.2 Å². The van der Waals surface area contributed by atoms with Gasteiger partial charge in [0.05, 0.1) is 39.9 Å². The maximum absolute atomic E-state index is 13.0. The van der Waals surface area contributed by atoms with Crippen molar-refractivity contribution in [3.05, 3.63) is 0 Å². The average molecular weight is 1010 g/mol. The van der Waals surface area contributed by atoms with Crippen molar-refractivity contribution < 1.29 is 32.9 Å². The molecule has 3 unspecified atom stereocenters. The van der Waals surface area contributed by atoms with Crippen LogP contribution in [0.3, 0.4) is 0 Å². The number of nitrogens with zero attached hydrogens (tertiary/aromatic N) is 1. The minimum absolute atomic E-state index is 0.0792. The Labute approximate surface area is 438 Å². The molecule has 0 aromatic carbocycles. The molecule has 0 saturated carbocycles. The van der Waals surface area contributed by atoms with Crippen LogP contribution in [0.25, 0.3) is 0 Å². The van der Waals surface area contributed by atoms with Crippen LogP contribution >= 0.6 is 7.82 Å². The zero-order valence-corrected chi connectivity index (χ0v) is 48.9. The first-order valence-corrected chi connectivity index (χ1v) is 32.9. The molecule has 0 saturated heterocycles. The van der Waals surface area contributed by atoms with E-state index in [1.807, 2.05) is 21.1 Å². The molecule has 3 N–H and O–H groups in total. The predicted octanol–water partition coefficient (Wildman–Crippen LogP) is 19.2. The van der Waals surface area contributed by atoms with E-state index in [1.54, 1.807) is 0 Å². The second-order valence-corrected chi connectivity index (χ2v) is 24.6. The average Bonchev–Trinajstić information content (AvgIpc) is 3.32. The summed E-state index contributed by atoms with van der Waals surface area (Å²) < 4.78 is 23.8. The molecule has 0 fully saturated rings. The van der Waals surface area contributed by atoms with E-state index in [-0.39, 0.29) is 19.1 Å². The summed E-state index contributed by atoms with van der Waals surface area (Å²) in [5.41, 5.74) is 0. The third-order valence-electron chi connectivity index (χ3n) is 14.9. The fourth-order valence-electron chi connectivity index (χ4n) is 9.93. The quantitative estimate of drug-likeness (QED) is 0.0318. The van der Waals surface area contributed by atoms with Crippen LogP contribution in [0.2, 0.25) is 0 Å². The zero-order valence-electron chi connectivity index (χ0n) is 48.1. The fourth-order valence-corrected chi connectivity index (χ4v) is 10.7. The number of phosphoric acid groups is 1. The Morgan fingerprint density at radius 1 is 0.429 bits per heavy atom. The number of likely N-dealkylation sites (N-methyl/N-ethyl adjacent to an activating group) is 1. The van der Waals surface area contributed by atoms with E-state index in [1.165, 1.54) is 270 Å². The van der Waals surface area contributed by atoms with Crippen molar-refractivity contribution in [1.29, 1.82) is 0 Å². The Morgan fingerprint density at radius 2 is 0.686 bits per heavy atom. The highest BCUT2D eigenvalue weighted by atomic mass is 31.2. The first kappa shape index (κ1) is 69.5. The van der Waals surface area contributed by atoms with Gasteiger partial charge in [0.2, 0.25) is 5.91 Å². The summed E-state index contributed by atoms with van der Waals surface area (Å²) in [6.45, 7) is 4.95. The molecular formula is C61H126N2O6P+. The van der Waals surface area contributed by atoms with Gasteiger partial charge in [-0.25, -0.2) is 4.57 Å². The van der Waals surface area contributed by atoms with Crippen molar-refractivity contribution in [1.82, 2.24) is 5.32 Å². The largest absolute Gasteiger partial charge is 0.472 e. The van der Waals surface area contributed by atoms with Gasteiger partial charge in [-0.2, -0.15) is 0 Å². The Morgan fingerprint density at radius 3 is 0.957 bits per heavy atom. The van der Waals surface area contributed by atoms with Crippen LogP contribution in [-0.2, 0) is 18.4 Å². The van der Waals surface area contributed by atoms with E-state index >= 15 is 0 Å². The molecule has 0 heterocycles. The molecule has 8 nitrogen and oxygen atoms in total. The van der Waals surface area contributed by atoms with Crippen molar-refractivity contribution >= 4 is 13.7 Å². The summed E-state index contributed by atoms with van der Waals surface area (Å²) in [6, 6.07) is -0.755. The lowest BCUT2D eigenvalue weighted by Crippen LogP contribution is -2.46. The number of carbonyl (C=O) groups excluding carboxylic acids is 1. The molecule has 0 aromatic rings. The second-order valence-electron chi connectivity index (χ2n) is 23.2. The summed E-state index contributed by atoms with van der Waals surface area (Å²) in [5, 5.41) is 14.1. The third kappa shape index (κ3) is 55.3. The number of quaternary nitrogens is 1. The first-order chi connectivity index (χ1) is 34.0. The van der Waals surface area contributed by atoms with Crippen LogP contribution in [0.5, 0.6) is 0 Å². The topological polar surface area (TPSA) is 105 Å². The number of unbranched alkanes of at least 4 members (excludes halogenated alkanes) is 46. The molecule has 0 rings (SSSR count). The van der Waals surface area contributed by atoms with Crippen LogP contribution in [-0.4, -0.2) is 73.4 Å². The molecule has 3 atom stereocenters. The summed E-state index contributed by atoms with van der Waals surface area (Å²) >= 11 is 0. The number of carbonyl (C=O) groups is 1. The van der Waals surface area contributed by atoms with Gasteiger partial charge < -0.3 is 19.8 Å².